The van der Waals surface area contributed by atoms with E-state index in [9.17, 15) is 4.79 Å². The van der Waals surface area contributed by atoms with E-state index in [-0.39, 0.29) is 5.91 Å². The molecule has 9 heteroatoms. The lowest BCUT2D eigenvalue weighted by molar-refractivity contribution is -0.127. The number of aromatic nitrogens is 4. The molecule has 1 amide bonds. The number of thioether (sulfide) groups is 1. The Kier molecular flexibility index (Phi) is 5.95. The summed E-state index contributed by atoms with van der Waals surface area (Å²) >= 11 is 1.38. The van der Waals surface area contributed by atoms with Gasteiger partial charge in [-0.25, -0.2) is 0 Å². The molecule has 0 bridgehead atoms. The van der Waals surface area contributed by atoms with Gasteiger partial charge < -0.3 is 19.4 Å². The molecule has 0 atom stereocenters. The van der Waals surface area contributed by atoms with E-state index in [1.165, 1.54) is 11.8 Å². The highest BCUT2D eigenvalue weighted by Gasteiger charge is 2.24. The predicted octanol–water partition coefficient (Wildman–Crippen LogP) is 4.15. The number of nitrogens with zero attached hydrogens (tertiary/aromatic N) is 4. The molecule has 1 fully saturated rings. The van der Waals surface area contributed by atoms with Gasteiger partial charge in [0.25, 0.3) is 0 Å². The van der Waals surface area contributed by atoms with E-state index < -0.39 is 0 Å². The van der Waals surface area contributed by atoms with Gasteiger partial charge in [-0.05, 0) is 31.0 Å². The number of methoxy groups -OCH3 is 2. The van der Waals surface area contributed by atoms with Crippen molar-refractivity contribution in [1.29, 1.82) is 0 Å². The van der Waals surface area contributed by atoms with Crippen LogP contribution in [0.3, 0.4) is 0 Å². The number of hydrogen-bond donors (Lipinski definition) is 1. The predicted molar refractivity (Wildman–Crippen MR) is 128 cm³/mol. The maximum absolute atomic E-state index is 12.7. The van der Waals surface area contributed by atoms with Crippen LogP contribution in [0.1, 0.15) is 12.8 Å². The molecule has 0 aliphatic carbocycles. The number of amides is 1. The molecule has 1 N–H and O–H groups in total. The first-order valence-electron chi connectivity index (χ1n) is 10.8. The van der Waals surface area contributed by atoms with Crippen LogP contribution in [0.5, 0.6) is 11.5 Å². The molecule has 33 heavy (non-hydrogen) atoms. The number of benzene rings is 2. The van der Waals surface area contributed by atoms with E-state index in [0.29, 0.717) is 28.2 Å². The first kappa shape index (κ1) is 21.4. The molecular weight excluding hydrogens is 438 g/mol. The summed E-state index contributed by atoms with van der Waals surface area (Å²) in [6.07, 6.45) is 4.07. The number of aromatic amines is 1. The molecule has 5 rings (SSSR count). The second-order valence-electron chi connectivity index (χ2n) is 7.80. The Morgan fingerprint density at radius 3 is 2.70 bits per heavy atom. The fraction of sp³-hybridized carbons (Fsp3) is 0.292. The van der Waals surface area contributed by atoms with Crippen molar-refractivity contribution in [1.82, 2.24) is 24.6 Å². The molecule has 0 spiro atoms. The maximum atomic E-state index is 12.7. The minimum Gasteiger partial charge on any atom is -0.497 e. The highest BCUT2D eigenvalue weighted by Crippen LogP contribution is 2.37. The van der Waals surface area contributed by atoms with Gasteiger partial charge in [-0.15, -0.1) is 10.2 Å². The Morgan fingerprint density at radius 2 is 1.91 bits per heavy atom. The molecule has 0 saturated carbocycles. The van der Waals surface area contributed by atoms with Crippen LogP contribution < -0.4 is 9.47 Å². The molecule has 2 aromatic heterocycles. The minimum absolute atomic E-state index is 0.123. The number of likely N-dealkylation sites (tertiary alicyclic amines) is 1. The molecule has 3 heterocycles. The second-order valence-corrected chi connectivity index (χ2v) is 8.75. The zero-order chi connectivity index (χ0) is 22.8. The zero-order valence-electron chi connectivity index (χ0n) is 18.6. The monoisotopic (exact) mass is 463 g/mol. The van der Waals surface area contributed by atoms with E-state index in [4.69, 9.17) is 9.47 Å². The van der Waals surface area contributed by atoms with Gasteiger partial charge in [0.05, 0.1) is 25.7 Å². The van der Waals surface area contributed by atoms with Crippen LogP contribution in [0.15, 0.2) is 53.8 Å². The van der Waals surface area contributed by atoms with Crippen molar-refractivity contribution in [3.8, 4) is 28.6 Å². The molecule has 1 aliphatic heterocycles. The van der Waals surface area contributed by atoms with E-state index in [1.54, 1.807) is 14.2 Å². The van der Waals surface area contributed by atoms with E-state index in [1.807, 2.05) is 58.1 Å². The molecule has 1 saturated heterocycles. The van der Waals surface area contributed by atoms with Crippen molar-refractivity contribution in [3.63, 3.8) is 0 Å². The molecule has 2 aromatic carbocycles. The third-order valence-electron chi connectivity index (χ3n) is 5.87. The number of carbonyl (C=O) groups is 1. The average molecular weight is 464 g/mol. The Morgan fingerprint density at radius 1 is 1.09 bits per heavy atom. The summed E-state index contributed by atoms with van der Waals surface area (Å²) in [4.78, 5) is 17.9. The fourth-order valence-corrected chi connectivity index (χ4v) is 5.01. The Balaban J connectivity index is 1.61. The summed E-state index contributed by atoms with van der Waals surface area (Å²) < 4.78 is 13.1. The van der Waals surface area contributed by atoms with Crippen molar-refractivity contribution in [2.24, 2.45) is 0 Å². The zero-order valence-corrected chi connectivity index (χ0v) is 19.4. The lowest BCUT2D eigenvalue weighted by Crippen LogP contribution is -2.29. The SMILES string of the molecule is COc1ccc(OC)c(-n2c(SCC(=O)N3CCCC3)nnc2-c2c[nH]c3ccccc23)c1. The van der Waals surface area contributed by atoms with Crippen LogP contribution in [-0.4, -0.2) is 63.6 Å². The Labute approximate surface area is 195 Å². The topological polar surface area (TPSA) is 85.3 Å². The number of ether oxygens (including phenoxy) is 2. The molecule has 4 aromatic rings. The van der Waals surface area contributed by atoms with Crippen molar-refractivity contribution in [2.45, 2.75) is 18.0 Å². The Bertz CT molecular complexity index is 1290. The molecule has 8 nitrogen and oxygen atoms in total. The second kappa shape index (κ2) is 9.19. The number of nitrogens with one attached hydrogen (secondary N) is 1. The van der Waals surface area contributed by atoms with Crippen molar-refractivity contribution in [3.05, 3.63) is 48.7 Å². The smallest absolute Gasteiger partial charge is 0.233 e. The molecule has 0 radical (unpaired) electrons. The average Bonchev–Trinajstić information content (AvgIpc) is 3.61. The summed E-state index contributed by atoms with van der Waals surface area (Å²) in [6.45, 7) is 1.66. The third-order valence-corrected chi connectivity index (χ3v) is 6.79. The number of rotatable bonds is 7. The molecular formula is C24H25N5O3S. The van der Waals surface area contributed by atoms with E-state index in [0.717, 1.165) is 48.1 Å². The highest BCUT2D eigenvalue weighted by molar-refractivity contribution is 7.99. The van der Waals surface area contributed by atoms with Crippen LogP contribution in [0.4, 0.5) is 0 Å². The lowest BCUT2D eigenvalue weighted by atomic mass is 10.1. The van der Waals surface area contributed by atoms with Gasteiger partial charge in [0.2, 0.25) is 5.91 Å². The first-order chi connectivity index (χ1) is 16.2. The molecule has 1 aliphatic rings. The summed E-state index contributed by atoms with van der Waals surface area (Å²) in [5.74, 6) is 2.43. The van der Waals surface area contributed by atoms with Gasteiger partial charge in [-0.1, -0.05) is 30.0 Å². The quantitative estimate of drug-likeness (QED) is 0.415. The standard InChI is InChI=1S/C24H25N5O3S/c1-31-16-9-10-21(32-2)20(13-16)29-23(18-14-25-19-8-4-3-7-17(18)19)26-27-24(29)33-15-22(30)28-11-5-6-12-28/h3-4,7-10,13-14,25H,5-6,11-12,15H2,1-2H3. The number of para-hydroxylation sites is 1. The van der Waals surface area contributed by atoms with Crippen molar-refractivity contribution >= 4 is 28.6 Å². The maximum Gasteiger partial charge on any atom is 0.233 e. The summed E-state index contributed by atoms with van der Waals surface area (Å²) in [7, 11) is 3.26. The summed E-state index contributed by atoms with van der Waals surface area (Å²) in [6, 6.07) is 13.7. The molecule has 170 valence electrons. The van der Waals surface area contributed by atoms with Crippen molar-refractivity contribution < 1.29 is 14.3 Å². The van der Waals surface area contributed by atoms with Gasteiger partial charge in [-0.3, -0.25) is 9.36 Å². The first-order valence-corrected chi connectivity index (χ1v) is 11.8. The van der Waals surface area contributed by atoms with Crippen molar-refractivity contribution in [2.75, 3.05) is 33.1 Å². The van der Waals surface area contributed by atoms with Crippen LogP contribution in [0, 0.1) is 0 Å². The van der Waals surface area contributed by atoms with E-state index >= 15 is 0 Å². The van der Waals surface area contributed by atoms with Crippen LogP contribution >= 0.6 is 11.8 Å². The van der Waals surface area contributed by atoms with E-state index in [2.05, 4.69) is 15.2 Å². The highest BCUT2D eigenvalue weighted by atomic mass is 32.2. The summed E-state index contributed by atoms with van der Waals surface area (Å²) in [5.41, 5.74) is 2.68. The van der Waals surface area contributed by atoms with Gasteiger partial charge >= 0.3 is 0 Å². The normalized spacial score (nSPS) is 13.6. The van der Waals surface area contributed by atoms with Gasteiger partial charge in [-0.2, -0.15) is 0 Å². The van der Waals surface area contributed by atoms with Gasteiger partial charge in [0.1, 0.15) is 11.5 Å². The fourth-order valence-electron chi connectivity index (χ4n) is 4.17. The van der Waals surface area contributed by atoms with Gasteiger partial charge in [0.15, 0.2) is 11.0 Å². The largest absolute Gasteiger partial charge is 0.497 e. The molecule has 0 unspecified atom stereocenters. The Hall–Kier alpha value is -3.46. The van der Waals surface area contributed by atoms with Crippen LogP contribution in [0.2, 0.25) is 0 Å². The van der Waals surface area contributed by atoms with Gasteiger partial charge in [0, 0.05) is 41.8 Å². The number of H-pyrrole nitrogens is 1. The lowest BCUT2D eigenvalue weighted by Gasteiger charge is -2.16. The number of carbonyl (C=O) groups excluding carboxylic acids is 1. The number of hydrogen-bond acceptors (Lipinski definition) is 6. The third kappa shape index (κ3) is 4.04. The van der Waals surface area contributed by atoms with Crippen LogP contribution in [0.25, 0.3) is 28.0 Å². The number of fused-ring (bicyclic) bond motifs is 1. The summed E-state index contributed by atoms with van der Waals surface area (Å²) in [5, 5.41) is 10.7. The van der Waals surface area contributed by atoms with Crippen LogP contribution in [-0.2, 0) is 4.79 Å². The minimum atomic E-state index is 0.123.